The minimum absolute atomic E-state index is 0.0854. The van der Waals surface area contributed by atoms with E-state index < -0.39 is 0 Å². The lowest BCUT2D eigenvalue weighted by atomic mass is 10.1. The molecule has 160 valence electrons. The summed E-state index contributed by atoms with van der Waals surface area (Å²) >= 11 is 13.4. The van der Waals surface area contributed by atoms with E-state index in [-0.39, 0.29) is 17.1 Å². The van der Waals surface area contributed by atoms with Crippen molar-refractivity contribution in [3.8, 4) is 0 Å². The summed E-state index contributed by atoms with van der Waals surface area (Å²) in [6.07, 6.45) is 0.949. The molecule has 3 rings (SSSR count). The van der Waals surface area contributed by atoms with E-state index in [1.165, 1.54) is 11.8 Å². The summed E-state index contributed by atoms with van der Waals surface area (Å²) in [5, 5.41) is 6.33. The lowest BCUT2D eigenvalue weighted by molar-refractivity contribution is -0.116. The van der Waals surface area contributed by atoms with Crippen molar-refractivity contribution >= 4 is 58.2 Å². The van der Waals surface area contributed by atoms with Crippen LogP contribution in [-0.4, -0.2) is 17.1 Å². The SMILES string of the molecule is CCC(Sc1cccc(NC(=O)Cc2ccccc2)c1)C(=O)Nc1ccc(Cl)c(Cl)c1. The van der Waals surface area contributed by atoms with Gasteiger partial charge in [0.25, 0.3) is 0 Å². The third kappa shape index (κ3) is 7.03. The van der Waals surface area contributed by atoms with Gasteiger partial charge in [-0.3, -0.25) is 9.59 Å². The van der Waals surface area contributed by atoms with Gasteiger partial charge in [-0.05, 0) is 48.4 Å². The van der Waals surface area contributed by atoms with Crippen molar-refractivity contribution in [2.24, 2.45) is 0 Å². The van der Waals surface area contributed by atoms with Crippen LogP contribution < -0.4 is 10.6 Å². The quantitative estimate of drug-likeness (QED) is 0.359. The van der Waals surface area contributed by atoms with Crippen LogP contribution in [0.1, 0.15) is 18.9 Å². The Morgan fingerprint density at radius 3 is 2.32 bits per heavy atom. The normalized spacial score (nSPS) is 11.6. The molecule has 0 bridgehead atoms. The molecule has 4 nitrogen and oxygen atoms in total. The zero-order valence-electron chi connectivity index (χ0n) is 16.9. The molecule has 0 aliphatic carbocycles. The van der Waals surface area contributed by atoms with Gasteiger partial charge in [0.05, 0.1) is 21.7 Å². The summed E-state index contributed by atoms with van der Waals surface area (Å²) in [4.78, 5) is 26.0. The van der Waals surface area contributed by atoms with Crippen LogP contribution in [0.25, 0.3) is 0 Å². The average Bonchev–Trinajstić information content (AvgIpc) is 2.75. The Morgan fingerprint density at radius 1 is 0.871 bits per heavy atom. The fourth-order valence-electron chi connectivity index (χ4n) is 2.92. The second-order valence-corrected chi connectivity index (χ2v) is 8.96. The van der Waals surface area contributed by atoms with E-state index in [4.69, 9.17) is 23.2 Å². The van der Waals surface area contributed by atoms with Crippen LogP contribution in [0.5, 0.6) is 0 Å². The third-order valence-electron chi connectivity index (χ3n) is 4.45. The highest BCUT2D eigenvalue weighted by atomic mass is 35.5. The number of carbonyl (C=O) groups excluding carboxylic acids is 2. The van der Waals surface area contributed by atoms with E-state index in [1.54, 1.807) is 18.2 Å². The Balaban J connectivity index is 1.61. The van der Waals surface area contributed by atoms with Crippen molar-refractivity contribution in [3.63, 3.8) is 0 Å². The van der Waals surface area contributed by atoms with Gasteiger partial charge in [-0.15, -0.1) is 11.8 Å². The first-order chi connectivity index (χ1) is 14.9. The molecule has 0 heterocycles. The highest BCUT2D eigenvalue weighted by Crippen LogP contribution is 2.30. The average molecular weight is 473 g/mol. The fraction of sp³-hybridized carbons (Fsp3) is 0.167. The van der Waals surface area contributed by atoms with Gasteiger partial charge in [-0.25, -0.2) is 0 Å². The number of rotatable bonds is 8. The Kier molecular flexibility index (Phi) is 8.41. The molecular formula is C24H22Cl2N2O2S. The zero-order chi connectivity index (χ0) is 22.2. The monoisotopic (exact) mass is 472 g/mol. The van der Waals surface area contributed by atoms with Gasteiger partial charge < -0.3 is 10.6 Å². The van der Waals surface area contributed by atoms with E-state index in [0.29, 0.717) is 34.3 Å². The number of amides is 2. The van der Waals surface area contributed by atoms with Crippen LogP contribution in [0.3, 0.4) is 0 Å². The van der Waals surface area contributed by atoms with Gasteiger partial charge in [0, 0.05) is 16.3 Å². The Hall–Kier alpha value is -2.47. The Labute approximate surface area is 196 Å². The number of hydrogen-bond acceptors (Lipinski definition) is 3. The highest BCUT2D eigenvalue weighted by molar-refractivity contribution is 8.00. The molecular weight excluding hydrogens is 451 g/mol. The van der Waals surface area contributed by atoms with Crippen LogP contribution >= 0.6 is 35.0 Å². The first-order valence-corrected chi connectivity index (χ1v) is 11.4. The fourth-order valence-corrected chi connectivity index (χ4v) is 4.23. The summed E-state index contributed by atoms with van der Waals surface area (Å²) < 4.78 is 0. The van der Waals surface area contributed by atoms with Gasteiger partial charge in [0.15, 0.2) is 0 Å². The molecule has 2 N–H and O–H groups in total. The summed E-state index contributed by atoms with van der Waals surface area (Å²) in [5.74, 6) is -0.206. The first-order valence-electron chi connectivity index (χ1n) is 9.81. The summed E-state index contributed by atoms with van der Waals surface area (Å²) in [6, 6.07) is 22.1. The van der Waals surface area contributed by atoms with E-state index in [2.05, 4.69) is 10.6 Å². The van der Waals surface area contributed by atoms with Crippen molar-refractivity contribution in [3.05, 3.63) is 88.4 Å². The van der Waals surface area contributed by atoms with Crippen LogP contribution in [0.15, 0.2) is 77.7 Å². The second kappa shape index (κ2) is 11.2. The first kappa shape index (κ1) is 23.2. The van der Waals surface area contributed by atoms with Crippen molar-refractivity contribution in [2.75, 3.05) is 10.6 Å². The molecule has 7 heteroatoms. The minimum atomic E-state index is -0.301. The molecule has 31 heavy (non-hydrogen) atoms. The minimum Gasteiger partial charge on any atom is -0.326 e. The lowest BCUT2D eigenvalue weighted by Gasteiger charge is -2.16. The zero-order valence-corrected chi connectivity index (χ0v) is 19.2. The number of benzene rings is 3. The molecule has 0 saturated carbocycles. The molecule has 1 atom stereocenters. The molecule has 0 saturated heterocycles. The van der Waals surface area contributed by atoms with Crippen molar-refractivity contribution in [1.29, 1.82) is 0 Å². The van der Waals surface area contributed by atoms with Gasteiger partial charge in [-0.2, -0.15) is 0 Å². The third-order valence-corrected chi connectivity index (χ3v) is 6.55. The maximum Gasteiger partial charge on any atom is 0.237 e. The van der Waals surface area contributed by atoms with Gasteiger partial charge in [-0.1, -0.05) is 66.5 Å². The molecule has 0 spiro atoms. The van der Waals surface area contributed by atoms with E-state index in [0.717, 1.165) is 10.5 Å². The van der Waals surface area contributed by atoms with Crippen LogP contribution in [-0.2, 0) is 16.0 Å². The maximum atomic E-state index is 12.7. The Bertz CT molecular complexity index is 1060. The topological polar surface area (TPSA) is 58.2 Å². The van der Waals surface area contributed by atoms with E-state index in [1.807, 2.05) is 61.5 Å². The molecule has 0 aliphatic heterocycles. The Morgan fingerprint density at radius 2 is 1.61 bits per heavy atom. The molecule has 1 unspecified atom stereocenters. The molecule has 0 radical (unpaired) electrons. The molecule has 3 aromatic rings. The van der Waals surface area contributed by atoms with Crippen LogP contribution in [0.2, 0.25) is 10.0 Å². The summed E-state index contributed by atoms with van der Waals surface area (Å²) in [7, 11) is 0. The maximum absolute atomic E-state index is 12.7. The number of carbonyl (C=O) groups is 2. The van der Waals surface area contributed by atoms with Crippen LogP contribution in [0, 0.1) is 0 Å². The van der Waals surface area contributed by atoms with Gasteiger partial charge in [0.2, 0.25) is 11.8 Å². The van der Waals surface area contributed by atoms with E-state index in [9.17, 15) is 9.59 Å². The largest absolute Gasteiger partial charge is 0.326 e. The highest BCUT2D eigenvalue weighted by Gasteiger charge is 2.19. The van der Waals surface area contributed by atoms with Crippen LogP contribution in [0.4, 0.5) is 11.4 Å². The molecule has 3 aromatic carbocycles. The number of halogens is 2. The molecule has 2 amide bonds. The smallest absolute Gasteiger partial charge is 0.237 e. The van der Waals surface area contributed by atoms with Gasteiger partial charge >= 0.3 is 0 Å². The predicted octanol–water partition coefficient (Wildman–Crippen LogP) is 6.68. The molecule has 0 aliphatic rings. The number of nitrogens with one attached hydrogen (secondary N) is 2. The van der Waals surface area contributed by atoms with Gasteiger partial charge in [0.1, 0.15) is 0 Å². The van der Waals surface area contributed by atoms with Crippen molar-refractivity contribution in [2.45, 2.75) is 29.9 Å². The van der Waals surface area contributed by atoms with Crippen molar-refractivity contribution < 1.29 is 9.59 Å². The predicted molar refractivity (Wildman–Crippen MR) is 130 cm³/mol. The summed E-state index contributed by atoms with van der Waals surface area (Å²) in [6.45, 7) is 1.96. The number of thioether (sulfide) groups is 1. The molecule has 0 aromatic heterocycles. The lowest BCUT2D eigenvalue weighted by Crippen LogP contribution is -2.24. The van der Waals surface area contributed by atoms with E-state index >= 15 is 0 Å². The standard InChI is InChI=1S/C24H22Cl2N2O2S/c1-2-22(24(30)28-18-11-12-20(25)21(26)15-18)31-19-10-6-9-17(14-19)27-23(29)13-16-7-4-3-5-8-16/h3-12,14-15,22H,2,13H2,1H3,(H,27,29)(H,28,30). The number of hydrogen-bond donors (Lipinski definition) is 2. The second-order valence-electron chi connectivity index (χ2n) is 6.87. The number of anilines is 2. The molecule has 0 fully saturated rings. The van der Waals surface area contributed by atoms with Crippen molar-refractivity contribution in [1.82, 2.24) is 0 Å². The summed E-state index contributed by atoms with van der Waals surface area (Å²) in [5.41, 5.74) is 2.25.